The van der Waals surface area contributed by atoms with Gasteiger partial charge in [0.2, 0.25) is 0 Å². The highest BCUT2D eigenvalue weighted by molar-refractivity contribution is 5.79. The quantitative estimate of drug-likeness (QED) is 0.843. The first kappa shape index (κ1) is 13.6. The van der Waals surface area contributed by atoms with E-state index in [4.69, 9.17) is 4.74 Å². The summed E-state index contributed by atoms with van der Waals surface area (Å²) in [7, 11) is 0. The fraction of sp³-hybridized carbons (Fsp3) is 0.176. The zero-order valence-corrected chi connectivity index (χ0v) is 11.4. The van der Waals surface area contributed by atoms with Gasteiger partial charge in [0.15, 0.2) is 0 Å². The molecule has 2 rings (SSSR count). The van der Waals surface area contributed by atoms with E-state index in [9.17, 15) is 10.5 Å². The van der Waals surface area contributed by atoms with Crippen LogP contribution in [0.4, 0.5) is 0 Å². The lowest BCUT2D eigenvalue weighted by Gasteiger charge is -2.15. The van der Waals surface area contributed by atoms with E-state index in [0.29, 0.717) is 22.4 Å². The zero-order chi connectivity index (χ0) is 14.5. The van der Waals surface area contributed by atoms with Crippen LogP contribution in [0.1, 0.15) is 25.0 Å². The van der Waals surface area contributed by atoms with Crippen molar-refractivity contribution in [2.75, 3.05) is 0 Å². The minimum atomic E-state index is -0.0290. The molecule has 0 aliphatic carbocycles. The van der Waals surface area contributed by atoms with Crippen molar-refractivity contribution in [1.82, 2.24) is 0 Å². The van der Waals surface area contributed by atoms with Gasteiger partial charge in [-0.25, -0.2) is 0 Å². The van der Waals surface area contributed by atoms with Crippen LogP contribution in [0.5, 0.6) is 5.75 Å². The number of hydrogen-bond acceptors (Lipinski definition) is 3. The predicted molar refractivity (Wildman–Crippen MR) is 77.1 cm³/mol. The lowest BCUT2D eigenvalue weighted by atomic mass is 9.94. The minimum absolute atomic E-state index is 0.0290. The molecule has 0 aliphatic heterocycles. The predicted octanol–water partition coefficient (Wildman–Crippen LogP) is 3.88. The smallest absolute Gasteiger partial charge is 0.138 e. The van der Waals surface area contributed by atoms with Crippen LogP contribution < -0.4 is 4.74 Å². The summed E-state index contributed by atoms with van der Waals surface area (Å²) < 4.78 is 5.67. The Bertz CT molecular complexity index is 691. The summed E-state index contributed by atoms with van der Waals surface area (Å²) in [6, 6.07) is 17.1. The van der Waals surface area contributed by atoms with Gasteiger partial charge in [0.1, 0.15) is 17.4 Å². The first-order valence-corrected chi connectivity index (χ1v) is 6.36. The lowest BCUT2D eigenvalue weighted by molar-refractivity contribution is 0.242. The summed E-state index contributed by atoms with van der Waals surface area (Å²) in [6.45, 7) is 3.81. The molecule has 0 spiro atoms. The van der Waals surface area contributed by atoms with Gasteiger partial charge < -0.3 is 4.74 Å². The summed E-state index contributed by atoms with van der Waals surface area (Å²) in [5.41, 5.74) is 2.36. The van der Waals surface area contributed by atoms with Crippen molar-refractivity contribution >= 4 is 0 Å². The van der Waals surface area contributed by atoms with E-state index >= 15 is 0 Å². The SMILES string of the molecule is CC(C)Oc1ccc(C#N)c(-c2ccccc2)c1C#N. The van der Waals surface area contributed by atoms with Gasteiger partial charge in [-0.1, -0.05) is 30.3 Å². The van der Waals surface area contributed by atoms with Gasteiger partial charge >= 0.3 is 0 Å². The summed E-state index contributed by atoms with van der Waals surface area (Å²) >= 11 is 0. The lowest BCUT2D eigenvalue weighted by Crippen LogP contribution is -2.07. The van der Waals surface area contributed by atoms with Crippen LogP contribution in [0.15, 0.2) is 42.5 Å². The number of nitrogens with zero attached hydrogens (tertiary/aromatic N) is 2. The first-order chi connectivity index (χ1) is 9.67. The Morgan fingerprint density at radius 3 is 2.20 bits per heavy atom. The average Bonchev–Trinajstić information content (AvgIpc) is 2.47. The van der Waals surface area contributed by atoms with E-state index in [1.165, 1.54) is 0 Å². The fourth-order valence-electron chi connectivity index (χ4n) is 2.04. The molecule has 3 nitrogen and oxygen atoms in total. The molecule has 0 radical (unpaired) electrons. The molecule has 0 aliphatic rings. The molecule has 2 aromatic rings. The second-order valence-electron chi connectivity index (χ2n) is 4.62. The average molecular weight is 262 g/mol. The third kappa shape index (κ3) is 2.63. The molecule has 98 valence electrons. The van der Waals surface area contributed by atoms with Gasteiger partial charge in [-0.2, -0.15) is 10.5 Å². The van der Waals surface area contributed by atoms with Gasteiger partial charge in [0, 0.05) is 5.56 Å². The molecule has 0 atom stereocenters. The van der Waals surface area contributed by atoms with Crippen molar-refractivity contribution in [1.29, 1.82) is 10.5 Å². The molecular weight excluding hydrogens is 248 g/mol. The summed E-state index contributed by atoms with van der Waals surface area (Å²) in [6.07, 6.45) is -0.0290. The van der Waals surface area contributed by atoms with Gasteiger partial charge in [0.25, 0.3) is 0 Å². The molecule has 20 heavy (non-hydrogen) atoms. The van der Waals surface area contributed by atoms with Gasteiger partial charge in [0.05, 0.1) is 17.7 Å². The second-order valence-corrected chi connectivity index (χ2v) is 4.62. The molecule has 0 aromatic heterocycles. The topological polar surface area (TPSA) is 56.8 Å². The number of nitriles is 2. The van der Waals surface area contributed by atoms with Gasteiger partial charge in [-0.05, 0) is 31.5 Å². The molecule has 0 heterocycles. The highest BCUT2D eigenvalue weighted by atomic mass is 16.5. The highest BCUT2D eigenvalue weighted by Crippen LogP contribution is 2.33. The largest absolute Gasteiger partial charge is 0.490 e. The number of ether oxygens (including phenoxy) is 1. The van der Waals surface area contributed by atoms with Crippen molar-refractivity contribution in [2.24, 2.45) is 0 Å². The van der Waals surface area contributed by atoms with E-state index in [1.54, 1.807) is 12.1 Å². The molecule has 2 aromatic carbocycles. The Hall–Kier alpha value is -2.78. The summed E-state index contributed by atoms with van der Waals surface area (Å²) in [5.74, 6) is 0.514. The minimum Gasteiger partial charge on any atom is -0.490 e. The second kappa shape index (κ2) is 5.91. The Labute approximate surface area is 118 Å². The standard InChI is InChI=1S/C17H14N2O/c1-12(2)20-16-9-8-14(10-18)17(15(16)11-19)13-6-4-3-5-7-13/h3-9,12H,1-2H3. The van der Waals surface area contributed by atoms with Crippen molar-refractivity contribution in [2.45, 2.75) is 20.0 Å². The molecule has 0 amide bonds. The molecular formula is C17H14N2O. The highest BCUT2D eigenvalue weighted by Gasteiger charge is 2.16. The molecule has 0 unspecified atom stereocenters. The molecule has 0 fully saturated rings. The summed E-state index contributed by atoms with van der Waals surface area (Å²) in [5, 5.41) is 18.7. The molecule has 0 N–H and O–H groups in total. The van der Waals surface area contributed by atoms with E-state index in [-0.39, 0.29) is 6.10 Å². The van der Waals surface area contributed by atoms with Crippen LogP contribution in [0.25, 0.3) is 11.1 Å². The Balaban J connectivity index is 2.71. The Morgan fingerprint density at radius 2 is 1.65 bits per heavy atom. The van der Waals surface area contributed by atoms with E-state index in [2.05, 4.69) is 12.1 Å². The van der Waals surface area contributed by atoms with Crippen LogP contribution in [-0.4, -0.2) is 6.10 Å². The molecule has 0 saturated carbocycles. The maximum atomic E-state index is 9.45. The van der Waals surface area contributed by atoms with Crippen molar-refractivity contribution in [3.05, 3.63) is 53.6 Å². The van der Waals surface area contributed by atoms with Crippen LogP contribution in [0.2, 0.25) is 0 Å². The number of benzene rings is 2. The van der Waals surface area contributed by atoms with Crippen molar-refractivity contribution in [3.8, 4) is 29.0 Å². The van der Waals surface area contributed by atoms with Crippen LogP contribution in [0.3, 0.4) is 0 Å². The Morgan fingerprint density at radius 1 is 0.950 bits per heavy atom. The van der Waals surface area contributed by atoms with Crippen molar-refractivity contribution in [3.63, 3.8) is 0 Å². The maximum Gasteiger partial charge on any atom is 0.138 e. The van der Waals surface area contributed by atoms with E-state index in [0.717, 1.165) is 5.56 Å². The zero-order valence-electron chi connectivity index (χ0n) is 11.4. The van der Waals surface area contributed by atoms with Gasteiger partial charge in [-0.15, -0.1) is 0 Å². The van der Waals surface area contributed by atoms with Crippen molar-refractivity contribution < 1.29 is 4.74 Å². The van der Waals surface area contributed by atoms with E-state index in [1.807, 2.05) is 44.2 Å². The van der Waals surface area contributed by atoms with Gasteiger partial charge in [-0.3, -0.25) is 0 Å². The summed E-state index contributed by atoms with van der Waals surface area (Å²) in [4.78, 5) is 0. The molecule has 0 bridgehead atoms. The number of rotatable bonds is 3. The molecule has 0 saturated heterocycles. The van der Waals surface area contributed by atoms with E-state index < -0.39 is 0 Å². The maximum absolute atomic E-state index is 9.45. The van der Waals surface area contributed by atoms with Crippen LogP contribution in [0, 0.1) is 22.7 Å². The normalized spacial score (nSPS) is 9.85. The van der Waals surface area contributed by atoms with Crippen LogP contribution >= 0.6 is 0 Å². The Kier molecular flexibility index (Phi) is 4.03. The monoisotopic (exact) mass is 262 g/mol. The molecule has 3 heteroatoms. The third-order valence-electron chi connectivity index (χ3n) is 2.82. The first-order valence-electron chi connectivity index (χ1n) is 6.36. The van der Waals surface area contributed by atoms with Crippen LogP contribution in [-0.2, 0) is 0 Å². The number of hydrogen-bond donors (Lipinski definition) is 0. The third-order valence-corrected chi connectivity index (χ3v) is 2.82. The fourth-order valence-corrected chi connectivity index (χ4v) is 2.04.